The van der Waals surface area contributed by atoms with Crippen molar-refractivity contribution < 1.29 is 14.3 Å². The summed E-state index contributed by atoms with van der Waals surface area (Å²) >= 11 is 1.32. The van der Waals surface area contributed by atoms with E-state index in [-0.39, 0.29) is 30.0 Å². The molecule has 1 heterocycles. The molecular weight excluding hydrogens is 438 g/mol. The second-order valence-corrected chi connectivity index (χ2v) is 8.54. The highest BCUT2D eigenvalue weighted by Crippen LogP contribution is 2.21. The molecule has 0 bridgehead atoms. The number of amides is 2. The topological polar surface area (TPSA) is 98.1 Å². The highest BCUT2D eigenvalue weighted by Gasteiger charge is 2.20. The standard InChI is InChI=1S/C24H29N5O3S/c1-5-29-23(17(3)25-21(30)14-18-8-12-20(32-4)13-9-18)27-28-24(29)33-15-22(31)26-19-10-6-16(2)7-11-19/h6-13,17H,5,14-15H2,1-4H3,(H,25,30)(H,26,31). The summed E-state index contributed by atoms with van der Waals surface area (Å²) in [5, 5.41) is 15.0. The number of aryl methyl sites for hydroxylation is 1. The third kappa shape index (κ3) is 6.82. The molecule has 1 atom stereocenters. The number of hydrogen-bond acceptors (Lipinski definition) is 6. The predicted molar refractivity (Wildman–Crippen MR) is 129 cm³/mol. The van der Waals surface area contributed by atoms with Crippen LogP contribution in [-0.2, 0) is 22.6 Å². The number of nitrogens with one attached hydrogen (secondary N) is 2. The fourth-order valence-corrected chi connectivity index (χ4v) is 4.08. The number of methoxy groups -OCH3 is 1. The Morgan fingerprint density at radius 3 is 2.39 bits per heavy atom. The second kappa shape index (κ2) is 11.5. The SMILES string of the molecule is CCn1c(SCC(=O)Nc2ccc(C)cc2)nnc1C(C)NC(=O)Cc1ccc(OC)cc1. The minimum absolute atomic E-state index is 0.106. The molecule has 0 aliphatic heterocycles. The third-order valence-electron chi connectivity index (χ3n) is 5.02. The van der Waals surface area contributed by atoms with Gasteiger partial charge in [0.1, 0.15) is 5.75 Å². The maximum Gasteiger partial charge on any atom is 0.234 e. The summed E-state index contributed by atoms with van der Waals surface area (Å²) in [5.41, 5.74) is 2.79. The van der Waals surface area contributed by atoms with Crippen molar-refractivity contribution in [3.05, 3.63) is 65.5 Å². The van der Waals surface area contributed by atoms with Gasteiger partial charge in [-0.2, -0.15) is 0 Å². The van der Waals surface area contributed by atoms with Gasteiger partial charge in [0.2, 0.25) is 11.8 Å². The number of nitrogens with zero attached hydrogens (tertiary/aromatic N) is 3. The Morgan fingerprint density at radius 1 is 1.06 bits per heavy atom. The van der Waals surface area contributed by atoms with Crippen LogP contribution in [0.15, 0.2) is 53.7 Å². The van der Waals surface area contributed by atoms with Crippen molar-refractivity contribution in [2.75, 3.05) is 18.2 Å². The van der Waals surface area contributed by atoms with Gasteiger partial charge in [0, 0.05) is 12.2 Å². The molecule has 0 radical (unpaired) electrons. The first-order valence-corrected chi connectivity index (χ1v) is 11.7. The molecule has 0 saturated carbocycles. The summed E-state index contributed by atoms with van der Waals surface area (Å²) in [4.78, 5) is 24.8. The van der Waals surface area contributed by atoms with Crippen LogP contribution in [0.3, 0.4) is 0 Å². The quantitative estimate of drug-likeness (QED) is 0.441. The Balaban J connectivity index is 1.56. The lowest BCUT2D eigenvalue weighted by molar-refractivity contribution is -0.121. The first-order valence-electron chi connectivity index (χ1n) is 10.7. The molecule has 1 unspecified atom stereocenters. The molecule has 0 spiro atoms. The van der Waals surface area contributed by atoms with E-state index in [9.17, 15) is 9.59 Å². The van der Waals surface area contributed by atoms with Crippen LogP contribution in [0.2, 0.25) is 0 Å². The molecule has 9 heteroatoms. The first kappa shape index (κ1) is 24.3. The summed E-state index contributed by atoms with van der Waals surface area (Å²) in [6, 6.07) is 14.7. The van der Waals surface area contributed by atoms with Crippen molar-refractivity contribution in [1.29, 1.82) is 0 Å². The lowest BCUT2D eigenvalue weighted by atomic mass is 10.1. The van der Waals surface area contributed by atoms with Crippen LogP contribution in [-0.4, -0.2) is 39.4 Å². The fourth-order valence-electron chi connectivity index (χ4n) is 3.27. The van der Waals surface area contributed by atoms with Crippen LogP contribution >= 0.6 is 11.8 Å². The fraction of sp³-hybridized carbons (Fsp3) is 0.333. The zero-order valence-corrected chi connectivity index (χ0v) is 20.1. The van der Waals surface area contributed by atoms with E-state index in [2.05, 4.69) is 20.8 Å². The van der Waals surface area contributed by atoms with Crippen molar-refractivity contribution in [2.45, 2.75) is 44.9 Å². The zero-order chi connectivity index (χ0) is 23.8. The molecule has 2 amide bonds. The Morgan fingerprint density at radius 2 is 1.76 bits per heavy atom. The van der Waals surface area contributed by atoms with Crippen LogP contribution in [0.25, 0.3) is 0 Å². The molecule has 0 fully saturated rings. The van der Waals surface area contributed by atoms with E-state index in [4.69, 9.17) is 4.74 Å². The number of anilines is 1. The van der Waals surface area contributed by atoms with E-state index in [1.807, 2.05) is 73.9 Å². The van der Waals surface area contributed by atoms with Gasteiger partial charge >= 0.3 is 0 Å². The third-order valence-corrected chi connectivity index (χ3v) is 5.98. The molecule has 3 rings (SSSR count). The number of thioether (sulfide) groups is 1. The van der Waals surface area contributed by atoms with Gasteiger partial charge in [-0.05, 0) is 50.6 Å². The van der Waals surface area contributed by atoms with Crippen LogP contribution in [0, 0.1) is 6.92 Å². The van der Waals surface area contributed by atoms with Crippen LogP contribution in [0.4, 0.5) is 5.69 Å². The van der Waals surface area contributed by atoms with E-state index >= 15 is 0 Å². The summed E-state index contributed by atoms with van der Waals surface area (Å²) in [6.45, 7) is 6.48. The molecule has 2 aromatic carbocycles. The number of carbonyl (C=O) groups is 2. The van der Waals surface area contributed by atoms with E-state index < -0.39 is 0 Å². The number of rotatable bonds is 10. The molecule has 3 aromatic rings. The van der Waals surface area contributed by atoms with E-state index in [1.54, 1.807) is 7.11 Å². The van der Waals surface area contributed by atoms with Gasteiger partial charge in [-0.15, -0.1) is 10.2 Å². The molecule has 8 nitrogen and oxygen atoms in total. The van der Waals surface area contributed by atoms with E-state index in [1.165, 1.54) is 11.8 Å². The molecule has 33 heavy (non-hydrogen) atoms. The first-order chi connectivity index (χ1) is 15.9. The van der Waals surface area contributed by atoms with Crippen molar-refractivity contribution in [1.82, 2.24) is 20.1 Å². The Bertz CT molecular complexity index is 1080. The predicted octanol–water partition coefficient (Wildman–Crippen LogP) is 3.77. The minimum Gasteiger partial charge on any atom is -0.497 e. The summed E-state index contributed by atoms with van der Waals surface area (Å²) in [5.74, 6) is 1.40. The van der Waals surface area contributed by atoms with Gasteiger partial charge in [-0.1, -0.05) is 41.6 Å². The lowest BCUT2D eigenvalue weighted by Gasteiger charge is -2.15. The average molecular weight is 468 g/mol. The molecule has 0 aliphatic rings. The summed E-state index contributed by atoms with van der Waals surface area (Å²) in [7, 11) is 1.61. The van der Waals surface area contributed by atoms with Crippen LogP contribution in [0.5, 0.6) is 5.75 Å². The number of carbonyl (C=O) groups excluding carboxylic acids is 2. The normalized spacial score (nSPS) is 11.6. The van der Waals surface area contributed by atoms with Gasteiger partial charge in [0.25, 0.3) is 0 Å². The minimum atomic E-state index is -0.320. The number of ether oxygens (including phenoxy) is 1. The Hall–Kier alpha value is -3.33. The number of aromatic nitrogens is 3. The van der Waals surface area contributed by atoms with Crippen molar-refractivity contribution in [3.63, 3.8) is 0 Å². The number of hydrogen-bond donors (Lipinski definition) is 2. The monoisotopic (exact) mass is 467 g/mol. The van der Waals surface area contributed by atoms with Crippen molar-refractivity contribution in [3.8, 4) is 5.75 Å². The molecule has 1 aromatic heterocycles. The molecular formula is C24H29N5O3S. The smallest absolute Gasteiger partial charge is 0.234 e. The van der Waals surface area contributed by atoms with Crippen molar-refractivity contribution >= 4 is 29.3 Å². The largest absolute Gasteiger partial charge is 0.497 e. The van der Waals surface area contributed by atoms with Crippen molar-refractivity contribution in [2.24, 2.45) is 0 Å². The van der Waals surface area contributed by atoms with E-state index in [0.717, 1.165) is 22.6 Å². The highest BCUT2D eigenvalue weighted by molar-refractivity contribution is 7.99. The van der Waals surface area contributed by atoms with Gasteiger partial charge in [0.15, 0.2) is 11.0 Å². The lowest BCUT2D eigenvalue weighted by Crippen LogP contribution is -2.30. The molecule has 2 N–H and O–H groups in total. The summed E-state index contributed by atoms with van der Waals surface area (Å²) < 4.78 is 7.07. The van der Waals surface area contributed by atoms with Gasteiger partial charge < -0.3 is 19.9 Å². The van der Waals surface area contributed by atoms with E-state index in [0.29, 0.717) is 17.5 Å². The van der Waals surface area contributed by atoms with Crippen LogP contribution in [0.1, 0.15) is 36.8 Å². The molecule has 174 valence electrons. The maximum atomic E-state index is 12.5. The Labute approximate surface area is 198 Å². The average Bonchev–Trinajstić information content (AvgIpc) is 3.23. The maximum absolute atomic E-state index is 12.5. The van der Waals surface area contributed by atoms with Gasteiger partial charge in [-0.25, -0.2) is 0 Å². The van der Waals surface area contributed by atoms with Crippen LogP contribution < -0.4 is 15.4 Å². The number of benzene rings is 2. The molecule has 0 saturated heterocycles. The second-order valence-electron chi connectivity index (χ2n) is 7.60. The highest BCUT2D eigenvalue weighted by atomic mass is 32.2. The Kier molecular flexibility index (Phi) is 8.48. The summed E-state index contributed by atoms with van der Waals surface area (Å²) in [6.07, 6.45) is 0.259. The van der Waals surface area contributed by atoms with Gasteiger partial charge in [0.05, 0.1) is 25.3 Å². The van der Waals surface area contributed by atoms with Gasteiger partial charge in [-0.3, -0.25) is 9.59 Å². The molecule has 0 aliphatic carbocycles. The zero-order valence-electron chi connectivity index (χ0n) is 19.3.